The van der Waals surface area contributed by atoms with Crippen molar-refractivity contribution >= 4 is 0 Å². The molecule has 1 N–H and O–H groups in total. The van der Waals surface area contributed by atoms with Crippen LogP contribution in [0.25, 0.3) is 0 Å². The highest BCUT2D eigenvalue weighted by molar-refractivity contribution is 5.01. The third kappa shape index (κ3) is 2.65. The molecule has 0 aromatic heterocycles. The average Bonchev–Trinajstić information content (AvgIpc) is 2.47. The summed E-state index contributed by atoms with van der Waals surface area (Å²) in [5.74, 6) is 0. The van der Waals surface area contributed by atoms with E-state index in [0.29, 0.717) is 0 Å². The molecule has 2 atom stereocenters. The van der Waals surface area contributed by atoms with Gasteiger partial charge in [-0.1, -0.05) is 6.58 Å². The maximum atomic E-state index is 4.13. The van der Waals surface area contributed by atoms with Crippen LogP contribution < -0.4 is 5.32 Å². The van der Waals surface area contributed by atoms with Gasteiger partial charge in [-0.15, -0.1) is 0 Å². The van der Waals surface area contributed by atoms with Crippen LogP contribution >= 0.6 is 0 Å². The minimum Gasteiger partial charge on any atom is -0.316 e. The molecule has 2 rings (SSSR count). The van der Waals surface area contributed by atoms with Crippen molar-refractivity contribution in [1.29, 1.82) is 0 Å². The van der Waals surface area contributed by atoms with Crippen LogP contribution in [0.4, 0.5) is 0 Å². The molecular weight excluding hydrogens is 198 g/mol. The van der Waals surface area contributed by atoms with Crippen molar-refractivity contribution in [1.82, 2.24) is 15.1 Å². The van der Waals surface area contributed by atoms with E-state index in [0.717, 1.165) is 25.2 Å². The molecule has 16 heavy (non-hydrogen) atoms. The molecule has 0 amide bonds. The number of nitrogens with zero attached hydrogens (tertiary/aromatic N) is 2. The summed E-state index contributed by atoms with van der Waals surface area (Å²) >= 11 is 0. The smallest absolute Gasteiger partial charge is 0.0223 e. The number of hydrogen-bond acceptors (Lipinski definition) is 3. The summed E-state index contributed by atoms with van der Waals surface area (Å²) in [5, 5.41) is 3.18. The van der Waals surface area contributed by atoms with Gasteiger partial charge in [0.25, 0.3) is 0 Å². The number of hydrogen-bond donors (Lipinski definition) is 1. The molecular formula is C13H25N3. The lowest BCUT2D eigenvalue weighted by Crippen LogP contribution is -2.37. The zero-order valence-electron chi connectivity index (χ0n) is 10.7. The SMILES string of the molecule is C=C(CNC)CN1CCC2CCC(C1)N2C. The first kappa shape index (κ1) is 12.1. The van der Waals surface area contributed by atoms with Crippen LogP contribution in [0.2, 0.25) is 0 Å². The topological polar surface area (TPSA) is 18.5 Å². The molecule has 2 heterocycles. The molecule has 2 aliphatic rings. The van der Waals surface area contributed by atoms with Crippen LogP contribution in [0.3, 0.4) is 0 Å². The fraction of sp³-hybridized carbons (Fsp3) is 0.846. The van der Waals surface area contributed by atoms with E-state index in [2.05, 4.69) is 28.7 Å². The van der Waals surface area contributed by atoms with Crippen LogP contribution in [-0.2, 0) is 0 Å². The molecule has 3 heteroatoms. The largest absolute Gasteiger partial charge is 0.316 e. The Labute approximate surface area is 99.5 Å². The Morgan fingerprint density at radius 3 is 2.81 bits per heavy atom. The van der Waals surface area contributed by atoms with E-state index in [4.69, 9.17) is 0 Å². The Balaban J connectivity index is 1.86. The van der Waals surface area contributed by atoms with Gasteiger partial charge in [-0.3, -0.25) is 9.80 Å². The van der Waals surface area contributed by atoms with Gasteiger partial charge >= 0.3 is 0 Å². The molecule has 3 nitrogen and oxygen atoms in total. The van der Waals surface area contributed by atoms with Crippen LogP contribution in [0.5, 0.6) is 0 Å². The van der Waals surface area contributed by atoms with E-state index in [9.17, 15) is 0 Å². The van der Waals surface area contributed by atoms with E-state index in [1.165, 1.54) is 37.9 Å². The summed E-state index contributed by atoms with van der Waals surface area (Å²) in [7, 11) is 4.29. The molecule has 0 aromatic carbocycles. The van der Waals surface area contributed by atoms with E-state index in [1.54, 1.807) is 0 Å². The van der Waals surface area contributed by atoms with Gasteiger partial charge in [0.1, 0.15) is 0 Å². The van der Waals surface area contributed by atoms with Crippen molar-refractivity contribution in [2.24, 2.45) is 0 Å². The molecule has 0 saturated carbocycles. The maximum Gasteiger partial charge on any atom is 0.0223 e. The molecule has 2 aliphatic heterocycles. The van der Waals surface area contributed by atoms with Crippen LogP contribution in [-0.4, -0.2) is 62.2 Å². The first-order valence-electron chi connectivity index (χ1n) is 6.46. The number of likely N-dealkylation sites (tertiary alicyclic amines) is 1. The van der Waals surface area contributed by atoms with Gasteiger partial charge in [-0.05, 0) is 38.9 Å². The predicted molar refractivity (Wildman–Crippen MR) is 68.7 cm³/mol. The Bertz CT molecular complexity index is 252. The van der Waals surface area contributed by atoms with Crippen LogP contribution in [0.15, 0.2) is 12.2 Å². The van der Waals surface area contributed by atoms with Crippen molar-refractivity contribution < 1.29 is 0 Å². The summed E-state index contributed by atoms with van der Waals surface area (Å²) in [5.41, 5.74) is 1.31. The molecule has 2 unspecified atom stereocenters. The first-order chi connectivity index (χ1) is 7.70. The quantitative estimate of drug-likeness (QED) is 0.715. The standard InChI is InChI=1S/C13H25N3/c1-11(8-14-2)9-16-7-6-12-4-5-13(10-16)15(12)3/h12-14H,1,4-10H2,2-3H3. The van der Waals surface area contributed by atoms with Crippen molar-refractivity contribution in [2.45, 2.75) is 31.3 Å². The van der Waals surface area contributed by atoms with E-state index >= 15 is 0 Å². The molecule has 0 radical (unpaired) electrons. The fourth-order valence-electron chi connectivity index (χ4n) is 3.14. The lowest BCUT2D eigenvalue weighted by atomic mass is 10.1. The Kier molecular flexibility index (Phi) is 4.00. The van der Waals surface area contributed by atoms with Crippen molar-refractivity contribution in [3.8, 4) is 0 Å². The van der Waals surface area contributed by atoms with Gasteiger partial charge in [-0.2, -0.15) is 0 Å². The third-order valence-corrected chi connectivity index (χ3v) is 4.11. The van der Waals surface area contributed by atoms with E-state index < -0.39 is 0 Å². The highest BCUT2D eigenvalue weighted by atomic mass is 15.3. The second kappa shape index (κ2) is 5.30. The molecule has 0 spiro atoms. The normalized spacial score (nSPS) is 31.6. The first-order valence-corrected chi connectivity index (χ1v) is 6.46. The third-order valence-electron chi connectivity index (χ3n) is 4.11. The fourth-order valence-corrected chi connectivity index (χ4v) is 3.14. The Morgan fingerprint density at radius 2 is 2.06 bits per heavy atom. The Hall–Kier alpha value is -0.380. The minimum atomic E-state index is 0.787. The minimum absolute atomic E-state index is 0.787. The van der Waals surface area contributed by atoms with Gasteiger partial charge in [-0.25, -0.2) is 0 Å². The monoisotopic (exact) mass is 223 g/mol. The zero-order chi connectivity index (χ0) is 11.5. The molecule has 92 valence electrons. The van der Waals surface area contributed by atoms with Gasteiger partial charge in [0.05, 0.1) is 0 Å². The van der Waals surface area contributed by atoms with Crippen molar-refractivity contribution in [2.75, 3.05) is 40.3 Å². The predicted octanol–water partition coefficient (Wildman–Crippen LogP) is 0.930. The van der Waals surface area contributed by atoms with E-state index in [1.807, 2.05) is 7.05 Å². The van der Waals surface area contributed by atoms with Gasteiger partial charge in [0.2, 0.25) is 0 Å². The molecule has 2 bridgehead atoms. The summed E-state index contributed by atoms with van der Waals surface area (Å²) in [4.78, 5) is 5.18. The number of nitrogens with one attached hydrogen (secondary N) is 1. The van der Waals surface area contributed by atoms with E-state index in [-0.39, 0.29) is 0 Å². The molecule has 0 aliphatic carbocycles. The summed E-state index contributed by atoms with van der Waals surface area (Å²) < 4.78 is 0. The average molecular weight is 223 g/mol. The van der Waals surface area contributed by atoms with Crippen molar-refractivity contribution in [3.63, 3.8) is 0 Å². The van der Waals surface area contributed by atoms with Gasteiger partial charge in [0.15, 0.2) is 0 Å². The highest BCUT2D eigenvalue weighted by Crippen LogP contribution is 2.28. The van der Waals surface area contributed by atoms with Crippen LogP contribution in [0.1, 0.15) is 19.3 Å². The van der Waals surface area contributed by atoms with Gasteiger partial charge in [0, 0.05) is 38.3 Å². The molecule has 2 fully saturated rings. The second-order valence-electron chi connectivity index (χ2n) is 5.35. The lowest BCUT2D eigenvalue weighted by Gasteiger charge is -2.26. The van der Waals surface area contributed by atoms with Crippen molar-refractivity contribution in [3.05, 3.63) is 12.2 Å². The zero-order valence-corrected chi connectivity index (χ0v) is 10.7. The lowest BCUT2D eigenvalue weighted by molar-refractivity contribution is 0.226. The Morgan fingerprint density at radius 1 is 1.31 bits per heavy atom. The maximum absolute atomic E-state index is 4.13. The van der Waals surface area contributed by atoms with Gasteiger partial charge < -0.3 is 5.32 Å². The second-order valence-corrected chi connectivity index (χ2v) is 5.35. The number of likely N-dealkylation sites (N-methyl/N-ethyl adjacent to an activating group) is 2. The molecule has 0 aromatic rings. The summed E-state index contributed by atoms with van der Waals surface area (Å²) in [6.45, 7) is 8.62. The number of fused-ring (bicyclic) bond motifs is 2. The number of rotatable bonds is 4. The highest BCUT2D eigenvalue weighted by Gasteiger charge is 2.34. The summed E-state index contributed by atoms with van der Waals surface area (Å²) in [6.07, 6.45) is 4.13. The molecule has 2 saturated heterocycles. The van der Waals surface area contributed by atoms with Crippen LogP contribution in [0, 0.1) is 0 Å². The summed E-state index contributed by atoms with van der Waals surface area (Å²) in [6, 6.07) is 1.63.